The van der Waals surface area contributed by atoms with Crippen molar-refractivity contribution in [1.82, 2.24) is 10.2 Å². The van der Waals surface area contributed by atoms with E-state index in [1.165, 1.54) is 0 Å². The summed E-state index contributed by atoms with van der Waals surface area (Å²) in [7, 11) is 0. The highest BCUT2D eigenvalue weighted by Gasteiger charge is 2.25. The Labute approximate surface area is 93.4 Å². The number of nitrogens with two attached hydrogens (primary N) is 1. The first-order valence-corrected chi connectivity index (χ1v) is 6.03. The first-order chi connectivity index (χ1) is 7.07. The smallest absolute Gasteiger partial charge is 0.319 e. The third-order valence-electron chi connectivity index (χ3n) is 2.54. The van der Waals surface area contributed by atoms with Crippen molar-refractivity contribution >= 4 is 23.8 Å². The highest BCUT2D eigenvalue weighted by Crippen LogP contribution is 2.31. The van der Waals surface area contributed by atoms with E-state index in [0.29, 0.717) is 10.8 Å². The summed E-state index contributed by atoms with van der Waals surface area (Å²) < 4.78 is 5.55. The molecule has 0 radical (unpaired) electrons. The second-order valence-electron chi connectivity index (χ2n) is 4.27. The third kappa shape index (κ3) is 2.56. The number of aromatic nitrogens is 2. The maximum Gasteiger partial charge on any atom is 0.319 e. The topological polar surface area (TPSA) is 68.2 Å². The number of thioether (sulfide) groups is 1. The van der Waals surface area contributed by atoms with Crippen LogP contribution in [0.5, 0.6) is 0 Å². The van der Waals surface area contributed by atoms with E-state index in [0.717, 1.165) is 25.3 Å². The monoisotopic (exact) mass is 228 g/mol. The highest BCUT2D eigenvalue weighted by molar-refractivity contribution is 8.00. The first kappa shape index (κ1) is 10.6. The van der Waals surface area contributed by atoms with Crippen LogP contribution >= 0.6 is 11.8 Å². The van der Waals surface area contributed by atoms with Crippen LogP contribution in [-0.4, -0.2) is 33.8 Å². The van der Waals surface area contributed by atoms with Crippen molar-refractivity contribution < 1.29 is 4.42 Å². The van der Waals surface area contributed by atoms with E-state index in [2.05, 4.69) is 28.9 Å². The van der Waals surface area contributed by atoms with Crippen molar-refractivity contribution in [3.63, 3.8) is 0 Å². The van der Waals surface area contributed by atoms with Gasteiger partial charge in [-0.15, -0.1) is 0 Å². The Morgan fingerprint density at radius 2 is 2.20 bits per heavy atom. The van der Waals surface area contributed by atoms with E-state index in [9.17, 15) is 0 Å². The van der Waals surface area contributed by atoms with Crippen LogP contribution in [0.1, 0.15) is 20.3 Å². The Morgan fingerprint density at radius 3 is 2.87 bits per heavy atom. The minimum Gasteiger partial charge on any atom is -0.390 e. The van der Waals surface area contributed by atoms with Crippen molar-refractivity contribution in [3.8, 4) is 0 Å². The Kier molecular flexibility index (Phi) is 2.77. The van der Waals surface area contributed by atoms with E-state index < -0.39 is 0 Å². The van der Waals surface area contributed by atoms with Crippen LogP contribution in [0, 0.1) is 0 Å². The summed E-state index contributed by atoms with van der Waals surface area (Å²) in [5.41, 5.74) is 5.41. The van der Waals surface area contributed by atoms with Crippen LogP contribution in [0.15, 0.2) is 4.42 Å². The zero-order valence-electron chi connectivity index (χ0n) is 9.06. The van der Waals surface area contributed by atoms with Crippen LogP contribution in [0.25, 0.3) is 0 Å². The Morgan fingerprint density at radius 1 is 1.40 bits per heavy atom. The molecule has 1 saturated heterocycles. The molecule has 0 atom stereocenters. The molecule has 0 unspecified atom stereocenters. The lowest BCUT2D eigenvalue weighted by atomic mass is 10.1. The Bertz CT molecular complexity index is 339. The quantitative estimate of drug-likeness (QED) is 0.783. The maximum atomic E-state index is 5.41. The molecule has 1 aromatic heterocycles. The molecule has 6 heteroatoms. The fourth-order valence-corrected chi connectivity index (χ4v) is 2.67. The van der Waals surface area contributed by atoms with Gasteiger partial charge < -0.3 is 15.1 Å². The van der Waals surface area contributed by atoms with Crippen LogP contribution in [-0.2, 0) is 0 Å². The molecule has 5 nitrogen and oxygen atoms in total. The molecule has 0 aliphatic carbocycles. The predicted molar refractivity (Wildman–Crippen MR) is 62.1 cm³/mol. The summed E-state index contributed by atoms with van der Waals surface area (Å²) in [6.45, 7) is 6.42. The zero-order valence-corrected chi connectivity index (χ0v) is 9.88. The number of hydrogen-bond acceptors (Lipinski definition) is 6. The molecule has 0 amide bonds. The van der Waals surface area contributed by atoms with E-state index in [1.54, 1.807) is 0 Å². The van der Waals surface area contributed by atoms with Crippen molar-refractivity contribution in [1.29, 1.82) is 0 Å². The van der Waals surface area contributed by atoms with Gasteiger partial charge in [0.1, 0.15) is 0 Å². The molecule has 0 saturated carbocycles. The van der Waals surface area contributed by atoms with Crippen molar-refractivity contribution in [2.75, 3.05) is 29.5 Å². The van der Waals surface area contributed by atoms with Gasteiger partial charge in [0.15, 0.2) is 0 Å². The molecule has 0 aromatic carbocycles. The van der Waals surface area contributed by atoms with Crippen molar-refractivity contribution in [3.05, 3.63) is 0 Å². The summed E-state index contributed by atoms with van der Waals surface area (Å²) in [5.74, 6) is 1.08. The average molecular weight is 228 g/mol. The van der Waals surface area contributed by atoms with Gasteiger partial charge >= 0.3 is 12.0 Å². The summed E-state index contributed by atoms with van der Waals surface area (Å²) in [4.78, 5) is 2.10. The fourth-order valence-electron chi connectivity index (χ4n) is 1.57. The molecule has 0 bridgehead atoms. The van der Waals surface area contributed by atoms with Gasteiger partial charge in [-0.3, -0.25) is 0 Å². The summed E-state index contributed by atoms with van der Waals surface area (Å²) in [6.07, 6.45) is 1.11. The van der Waals surface area contributed by atoms with Gasteiger partial charge in [-0.25, -0.2) is 0 Å². The van der Waals surface area contributed by atoms with E-state index in [4.69, 9.17) is 10.2 Å². The SMILES string of the molecule is CC1(C)CCN(c2nnc(N)o2)CCS1. The highest BCUT2D eigenvalue weighted by atomic mass is 32.2. The molecule has 15 heavy (non-hydrogen) atoms. The number of anilines is 2. The van der Waals surface area contributed by atoms with Crippen molar-refractivity contribution in [2.45, 2.75) is 25.0 Å². The van der Waals surface area contributed by atoms with Gasteiger partial charge in [-0.2, -0.15) is 11.8 Å². The van der Waals surface area contributed by atoms with Crippen molar-refractivity contribution in [2.24, 2.45) is 0 Å². The largest absolute Gasteiger partial charge is 0.390 e. The lowest BCUT2D eigenvalue weighted by Gasteiger charge is -2.21. The second-order valence-corrected chi connectivity index (χ2v) is 6.07. The van der Waals surface area contributed by atoms with Crippen LogP contribution in [0.4, 0.5) is 12.0 Å². The molecule has 2 rings (SSSR count). The van der Waals surface area contributed by atoms with Gasteiger partial charge in [0.2, 0.25) is 0 Å². The maximum absolute atomic E-state index is 5.41. The minimum atomic E-state index is 0.140. The molecular formula is C9H16N4OS. The Hall–Kier alpha value is -0.910. The second kappa shape index (κ2) is 3.92. The van der Waals surface area contributed by atoms with Gasteiger partial charge in [0.25, 0.3) is 0 Å². The van der Waals surface area contributed by atoms with Crippen LogP contribution < -0.4 is 10.6 Å². The normalized spacial score (nSPS) is 21.3. The average Bonchev–Trinajstić information content (AvgIpc) is 2.49. The molecule has 2 N–H and O–H groups in total. The zero-order chi connectivity index (χ0) is 10.9. The Balaban J connectivity index is 2.05. The summed E-state index contributed by atoms with van der Waals surface area (Å²) in [5, 5.41) is 7.58. The lowest BCUT2D eigenvalue weighted by molar-refractivity contribution is 0.538. The summed E-state index contributed by atoms with van der Waals surface area (Å²) in [6, 6.07) is 0.687. The van der Waals surface area contributed by atoms with E-state index >= 15 is 0 Å². The molecule has 1 fully saturated rings. The molecular weight excluding hydrogens is 212 g/mol. The third-order valence-corrected chi connectivity index (χ3v) is 3.91. The van der Waals surface area contributed by atoms with Crippen LogP contribution in [0.3, 0.4) is 0 Å². The number of rotatable bonds is 1. The van der Waals surface area contributed by atoms with E-state index in [-0.39, 0.29) is 6.01 Å². The van der Waals surface area contributed by atoms with Gasteiger partial charge in [-0.05, 0) is 6.42 Å². The molecule has 2 heterocycles. The molecule has 1 aliphatic heterocycles. The molecule has 0 spiro atoms. The summed E-state index contributed by atoms with van der Waals surface area (Å²) >= 11 is 1.98. The number of hydrogen-bond donors (Lipinski definition) is 1. The van der Waals surface area contributed by atoms with E-state index in [1.807, 2.05) is 11.8 Å². The van der Waals surface area contributed by atoms with Gasteiger partial charge in [-0.1, -0.05) is 24.0 Å². The lowest BCUT2D eigenvalue weighted by Crippen LogP contribution is -2.27. The predicted octanol–water partition coefficient (Wildman–Crippen LogP) is 1.37. The molecule has 1 aliphatic rings. The number of nitrogens with zero attached hydrogens (tertiary/aromatic N) is 3. The number of nitrogen functional groups attached to an aromatic ring is 1. The molecule has 1 aromatic rings. The molecule has 84 valence electrons. The standard InChI is InChI=1S/C9H16N4OS/c1-9(2)3-4-13(5-6-15-9)8-12-11-7(10)14-8/h3-6H2,1-2H3,(H2,10,11). The van der Waals surface area contributed by atoms with Crippen LogP contribution in [0.2, 0.25) is 0 Å². The van der Waals surface area contributed by atoms with Gasteiger partial charge in [0, 0.05) is 23.6 Å². The first-order valence-electron chi connectivity index (χ1n) is 5.05. The minimum absolute atomic E-state index is 0.140. The van der Waals surface area contributed by atoms with Gasteiger partial charge in [0.05, 0.1) is 0 Å². The fraction of sp³-hybridized carbons (Fsp3) is 0.778.